The van der Waals surface area contributed by atoms with Crippen LogP contribution in [0.5, 0.6) is 0 Å². The molecule has 0 aliphatic carbocycles. The van der Waals surface area contributed by atoms with Crippen LogP contribution in [0, 0.1) is 18.8 Å². The molecule has 0 aliphatic rings. The number of rotatable bonds is 0. The standard InChI is InChI=1S/C19H20/c1-15-8-10-16(11-9-15)12-13-17-6-5-7-18(14-17)19(2,3)4/h5-11,14H,1-4H3. The van der Waals surface area contributed by atoms with Gasteiger partial charge in [-0.3, -0.25) is 0 Å². The SMILES string of the molecule is Cc1ccc(C#Cc2cccc(C(C)(C)C)c2)cc1. The van der Waals surface area contributed by atoms with Gasteiger partial charge in [-0.2, -0.15) is 0 Å². The van der Waals surface area contributed by atoms with Gasteiger partial charge in [0.2, 0.25) is 0 Å². The van der Waals surface area contributed by atoms with E-state index in [4.69, 9.17) is 0 Å². The first-order valence-corrected chi connectivity index (χ1v) is 6.64. The lowest BCUT2D eigenvalue weighted by Gasteiger charge is -2.18. The first-order chi connectivity index (χ1) is 8.95. The lowest BCUT2D eigenvalue weighted by molar-refractivity contribution is 0.590. The predicted octanol–water partition coefficient (Wildman–Crippen LogP) is 4.69. The first-order valence-electron chi connectivity index (χ1n) is 6.64. The largest absolute Gasteiger partial charge is 0.0617 e. The van der Waals surface area contributed by atoms with Gasteiger partial charge in [-0.05, 0) is 42.2 Å². The maximum absolute atomic E-state index is 3.24. The molecule has 19 heavy (non-hydrogen) atoms. The highest BCUT2D eigenvalue weighted by Gasteiger charge is 2.12. The van der Waals surface area contributed by atoms with Crippen molar-refractivity contribution in [2.75, 3.05) is 0 Å². The first kappa shape index (κ1) is 13.4. The monoisotopic (exact) mass is 248 g/mol. The van der Waals surface area contributed by atoms with Gasteiger partial charge < -0.3 is 0 Å². The Labute approximate surface area is 116 Å². The molecule has 0 saturated carbocycles. The molecule has 2 aromatic rings. The average Bonchev–Trinajstić information content (AvgIpc) is 2.37. The molecule has 0 spiro atoms. The summed E-state index contributed by atoms with van der Waals surface area (Å²) in [4.78, 5) is 0. The minimum atomic E-state index is 0.168. The van der Waals surface area contributed by atoms with Crippen LogP contribution in [0.15, 0.2) is 48.5 Å². The minimum Gasteiger partial charge on any atom is -0.0617 e. The summed E-state index contributed by atoms with van der Waals surface area (Å²) in [7, 11) is 0. The van der Waals surface area contributed by atoms with Crippen LogP contribution in [-0.2, 0) is 5.41 Å². The third-order valence-electron chi connectivity index (χ3n) is 3.13. The summed E-state index contributed by atoms with van der Waals surface area (Å²) >= 11 is 0. The maximum atomic E-state index is 3.24. The van der Waals surface area contributed by atoms with Crippen molar-refractivity contribution in [3.63, 3.8) is 0 Å². The molecule has 96 valence electrons. The molecule has 0 heterocycles. The molecule has 0 heteroatoms. The second-order valence-electron chi connectivity index (χ2n) is 5.95. The quantitative estimate of drug-likeness (QED) is 0.593. The fourth-order valence-electron chi connectivity index (χ4n) is 1.84. The van der Waals surface area contributed by atoms with E-state index in [1.165, 1.54) is 11.1 Å². The van der Waals surface area contributed by atoms with Gasteiger partial charge in [0, 0.05) is 11.1 Å². The summed E-state index contributed by atoms with van der Waals surface area (Å²) in [6, 6.07) is 16.8. The fourth-order valence-corrected chi connectivity index (χ4v) is 1.84. The van der Waals surface area contributed by atoms with E-state index in [2.05, 4.69) is 88.1 Å². The molecule has 0 aromatic heterocycles. The van der Waals surface area contributed by atoms with Crippen molar-refractivity contribution in [2.24, 2.45) is 0 Å². The van der Waals surface area contributed by atoms with Crippen LogP contribution in [0.25, 0.3) is 0 Å². The van der Waals surface area contributed by atoms with Crippen molar-refractivity contribution in [1.82, 2.24) is 0 Å². The Morgan fingerprint density at radius 3 is 2.05 bits per heavy atom. The maximum Gasteiger partial charge on any atom is 0.0251 e. The Bertz CT molecular complexity index is 614. The van der Waals surface area contributed by atoms with Crippen molar-refractivity contribution >= 4 is 0 Å². The van der Waals surface area contributed by atoms with Crippen LogP contribution < -0.4 is 0 Å². The zero-order valence-corrected chi connectivity index (χ0v) is 12.1. The van der Waals surface area contributed by atoms with Gasteiger partial charge in [0.15, 0.2) is 0 Å². The van der Waals surface area contributed by atoms with Gasteiger partial charge >= 0.3 is 0 Å². The molecule has 0 fully saturated rings. The lowest BCUT2D eigenvalue weighted by Crippen LogP contribution is -2.10. The van der Waals surface area contributed by atoms with Crippen LogP contribution >= 0.6 is 0 Å². The molecule has 0 atom stereocenters. The van der Waals surface area contributed by atoms with Gasteiger partial charge in [-0.15, -0.1) is 0 Å². The third kappa shape index (κ3) is 3.73. The minimum absolute atomic E-state index is 0.168. The van der Waals surface area contributed by atoms with Gasteiger partial charge in [-0.25, -0.2) is 0 Å². The average molecular weight is 248 g/mol. The number of hydrogen-bond acceptors (Lipinski definition) is 0. The van der Waals surface area contributed by atoms with E-state index in [-0.39, 0.29) is 5.41 Å². The molecule has 0 unspecified atom stereocenters. The molecule has 0 amide bonds. The molecule has 2 aromatic carbocycles. The number of aryl methyl sites for hydroxylation is 1. The van der Waals surface area contributed by atoms with E-state index >= 15 is 0 Å². The highest BCUT2D eigenvalue weighted by Crippen LogP contribution is 2.22. The molecule has 0 N–H and O–H groups in total. The van der Waals surface area contributed by atoms with Gasteiger partial charge in [0.1, 0.15) is 0 Å². The summed E-state index contributed by atoms with van der Waals surface area (Å²) < 4.78 is 0. The summed E-state index contributed by atoms with van der Waals surface area (Å²) in [6.45, 7) is 8.75. The number of benzene rings is 2. The Morgan fingerprint density at radius 1 is 0.789 bits per heavy atom. The molecule has 2 rings (SSSR count). The summed E-state index contributed by atoms with van der Waals surface area (Å²) in [5.41, 5.74) is 4.89. The molecular formula is C19H20. The zero-order valence-electron chi connectivity index (χ0n) is 12.1. The second-order valence-corrected chi connectivity index (χ2v) is 5.95. The van der Waals surface area contributed by atoms with Crippen LogP contribution in [0.1, 0.15) is 43.0 Å². The normalized spacial score (nSPS) is 10.7. The molecule has 0 radical (unpaired) electrons. The van der Waals surface area contributed by atoms with Crippen LogP contribution in [0.4, 0.5) is 0 Å². The lowest BCUT2D eigenvalue weighted by atomic mass is 9.86. The highest BCUT2D eigenvalue weighted by atomic mass is 14.2. The van der Waals surface area contributed by atoms with Crippen molar-refractivity contribution in [3.05, 3.63) is 70.8 Å². The fraction of sp³-hybridized carbons (Fsp3) is 0.263. The molecule has 0 bridgehead atoms. The predicted molar refractivity (Wildman–Crippen MR) is 82.3 cm³/mol. The van der Waals surface area contributed by atoms with E-state index in [0.717, 1.165) is 11.1 Å². The Hall–Kier alpha value is -2.00. The van der Waals surface area contributed by atoms with Crippen LogP contribution in [0.3, 0.4) is 0 Å². The topological polar surface area (TPSA) is 0 Å². The van der Waals surface area contributed by atoms with E-state index in [0.29, 0.717) is 0 Å². The Morgan fingerprint density at radius 2 is 1.42 bits per heavy atom. The van der Waals surface area contributed by atoms with Crippen molar-refractivity contribution in [3.8, 4) is 11.8 Å². The van der Waals surface area contributed by atoms with Crippen molar-refractivity contribution in [2.45, 2.75) is 33.1 Å². The van der Waals surface area contributed by atoms with E-state index in [1.54, 1.807) is 0 Å². The summed E-state index contributed by atoms with van der Waals surface area (Å²) in [5.74, 6) is 6.46. The van der Waals surface area contributed by atoms with Crippen molar-refractivity contribution < 1.29 is 0 Å². The Kier molecular flexibility index (Phi) is 3.76. The van der Waals surface area contributed by atoms with E-state index in [9.17, 15) is 0 Å². The van der Waals surface area contributed by atoms with Crippen LogP contribution in [0.2, 0.25) is 0 Å². The molecular weight excluding hydrogens is 228 g/mol. The zero-order chi connectivity index (χ0) is 13.9. The molecule has 0 nitrogen and oxygen atoms in total. The van der Waals surface area contributed by atoms with E-state index in [1.807, 2.05) is 0 Å². The summed E-state index contributed by atoms with van der Waals surface area (Å²) in [6.07, 6.45) is 0. The number of hydrogen-bond donors (Lipinski definition) is 0. The van der Waals surface area contributed by atoms with Gasteiger partial charge in [0.25, 0.3) is 0 Å². The Balaban J connectivity index is 2.27. The van der Waals surface area contributed by atoms with Crippen LogP contribution in [-0.4, -0.2) is 0 Å². The smallest absolute Gasteiger partial charge is 0.0251 e. The summed E-state index contributed by atoms with van der Waals surface area (Å²) in [5, 5.41) is 0. The highest BCUT2D eigenvalue weighted by molar-refractivity contribution is 5.45. The third-order valence-corrected chi connectivity index (χ3v) is 3.13. The van der Waals surface area contributed by atoms with Gasteiger partial charge in [-0.1, -0.05) is 62.4 Å². The van der Waals surface area contributed by atoms with Crippen molar-refractivity contribution in [1.29, 1.82) is 0 Å². The molecule has 0 aliphatic heterocycles. The van der Waals surface area contributed by atoms with Gasteiger partial charge in [0.05, 0.1) is 0 Å². The second kappa shape index (κ2) is 5.33. The molecule has 0 saturated heterocycles. The van der Waals surface area contributed by atoms with E-state index < -0.39 is 0 Å².